The number of carbonyl (C=O) groups is 1. The van der Waals surface area contributed by atoms with Gasteiger partial charge in [0, 0.05) is 13.7 Å². The SMILES string of the molecule is COCCn1ncc(Br)c1C(=O)C1(C(C)C)CCNC1. The van der Waals surface area contributed by atoms with Crippen LogP contribution in [0.2, 0.25) is 0 Å². The molecule has 1 saturated heterocycles. The van der Waals surface area contributed by atoms with Crippen molar-refractivity contribution in [3.63, 3.8) is 0 Å². The van der Waals surface area contributed by atoms with Crippen LogP contribution < -0.4 is 5.32 Å². The number of halogens is 1. The van der Waals surface area contributed by atoms with E-state index in [4.69, 9.17) is 4.74 Å². The van der Waals surface area contributed by atoms with Crippen molar-refractivity contribution in [1.82, 2.24) is 15.1 Å². The topological polar surface area (TPSA) is 56.2 Å². The molecule has 0 radical (unpaired) electrons. The summed E-state index contributed by atoms with van der Waals surface area (Å²) in [4.78, 5) is 13.1. The highest BCUT2D eigenvalue weighted by Crippen LogP contribution is 2.39. The highest BCUT2D eigenvalue weighted by atomic mass is 79.9. The lowest BCUT2D eigenvalue weighted by atomic mass is 9.72. The Morgan fingerprint density at radius 1 is 1.65 bits per heavy atom. The predicted octanol–water partition coefficient (Wildman–Crippen LogP) is 2.11. The van der Waals surface area contributed by atoms with Crippen LogP contribution in [0.1, 0.15) is 30.8 Å². The van der Waals surface area contributed by atoms with Gasteiger partial charge < -0.3 is 10.1 Å². The minimum absolute atomic E-state index is 0.179. The zero-order valence-electron chi connectivity index (χ0n) is 12.3. The van der Waals surface area contributed by atoms with E-state index in [1.165, 1.54) is 0 Å². The second-order valence-electron chi connectivity index (χ2n) is 5.62. The summed E-state index contributed by atoms with van der Waals surface area (Å²) in [6.45, 7) is 7.01. The Morgan fingerprint density at radius 2 is 2.40 bits per heavy atom. The zero-order valence-corrected chi connectivity index (χ0v) is 13.9. The summed E-state index contributed by atoms with van der Waals surface area (Å²) in [6.07, 6.45) is 2.57. The molecule has 1 fully saturated rings. The molecule has 0 amide bonds. The van der Waals surface area contributed by atoms with Gasteiger partial charge in [-0.2, -0.15) is 5.10 Å². The standard InChI is InChI=1S/C14H22BrN3O2/c1-10(2)14(4-5-16-9-14)13(19)12-11(15)8-17-18(12)6-7-20-3/h8,10,16H,4-7,9H2,1-3H3. The monoisotopic (exact) mass is 343 g/mol. The van der Waals surface area contributed by atoms with E-state index in [2.05, 4.69) is 40.2 Å². The molecule has 0 aliphatic carbocycles. The van der Waals surface area contributed by atoms with Gasteiger partial charge in [0.1, 0.15) is 5.69 Å². The Labute approximate surface area is 128 Å². The van der Waals surface area contributed by atoms with Gasteiger partial charge in [0.15, 0.2) is 5.78 Å². The van der Waals surface area contributed by atoms with Crippen molar-refractivity contribution in [1.29, 1.82) is 0 Å². The number of nitrogens with zero attached hydrogens (tertiary/aromatic N) is 2. The van der Waals surface area contributed by atoms with Crippen molar-refractivity contribution in [2.24, 2.45) is 11.3 Å². The second-order valence-corrected chi connectivity index (χ2v) is 6.48. The van der Waals surface area contributed by atoms with Crippen molar-refractivity contribution in [2.75, 3.05) is 26.8 Å². The van der Waals surface area contributed by atoms with Gasteiger partial charge in [0.2, 0.25) is 0 Å². The van der Waals surface area contributed by atoms with E-state index in [9.17, 15) is 4.79 Å². The summed E-state index contributed by atoms with van der Waals surface area (Å²) < 4.78 is 7.61. The van der Waals surface area contributed by atoms with E-state index < -0.39 is 0 Å². The van der Waals surface area contributed by atoms with E-state index in [-0.39, 0.29) is 11.2 Å². The highest BCUT2D eigenvalue weighted by molar-refractivity contribution is 9.10. The van der Waals surface area contributed by atoms with Crippen molar-refractivity contribution in [3.8, 4) is 0 Å². The molecule has 2 heterocycles. The first kappa shape index (κ1) is 15.7. The van der Waals surface area contributed by atoms with Crippen molar-refractivity contribution in [3.05, 3.63) is 16.4 Å². The van der Waals surface area contributed by atoms with E-state index in [0.29, 0.717) is 24.8 Å². The summed E-state index contributed by atoms with van der Waals surface area (Å²) in [6, 6.07) is 0. The Morgan fingerprint density at radius 3 is 2.95 bits per heavy atom. The highest BCUT2D eigenvalue weighted by Gasteiger charge is 2.45. The normalized spacial score (nSPS) is 22.6. The van der Waals surface area contributed by atoms with E-state index in [0.717, 1.165) is 24.0 Å². The van der Waals surface area contributed by atoms with E-state index >= 15 is 0 Å². The second kappa shape index (κ2) is 6.37. The average Bonchev–Trinajstić information content (AvgIpc) is 3.03. The molecule has 0 aromatic carbocycles. The molecular weight excluding hydrogens is 322 g/mol. The molecule has 6 heteroatoms. The average molecular weight is 344 g/mol. The number of hydrogen-bond acceptors (Lipinski definition) is 4. The van der Waals surface area contributed by atoms with Crippen LogP contribution in [0, 0.1) is 11.3 Å². The first-order valence-corrected chi connectivity index (χ1v) is 7.78. The summed E-state index contributed by atoms with van der Waals surface area (Å²) in [5.41, 5.74) is 0.340. The molecule has 1 aromatic rings. The lowest BCUT2D eigenvalue weighted by Crippen LogP contribution is -2.40. The molecule has 1 unspecified atom stereocenters. The van der Waals surface area contributed by atoms with Crippen LogP contribution in [0.5, 0.6) is 0 Å². The molecule has 2 rings (SSSR count). The van der Waals surface area contributed by atoms with Crippen LogP contribution in [0.4, 0.5) is 0 Å². The van der Waals surface area contributed by atoms with Gasteiger partial charge in [-0.25, -0.2) is 0 Å². The van der Waals surface area contributed by atoms with Crippen molar-refractivity contribution < 1.29 is 9.53 Å². The Hall–Kier alpha value is -0.720. The molecule has 1 N–H and O–H groups in total. The molecule has 1 aromatic heterocycles. The van der Waals surface area contributed by atoms with Crippen LogP contribution in [0.25, 0.3) is 0 Å². The smallest absolute Gasteiger partial charge is 0.189 e. The molecule has 112 valence electrons. The molecule has 1 atom stereocenters. The van der Waals surface area contributed by atoms with Crippen molar-refractivity contribution in [2.45, 2.75) is 26.8 Å². The summed E-state index contributed by atoms with van der Waals surface area (Å²) in [7, 11) is 1.65. The lowest BCUT2D eigenvalue weighted by molar-refractivity contribution is 0.0723. The first-order valence-electron chi connectivity index (χ1n) is 6.98. The third-order valence-corrected chi connectivity index (χ3v) is 4.84. The first-order chi connectivity index (χ1) is 9.53. The maximum absolute atomic E-state index is 13.1. The van der Waals surface area contributed by atoms with Crippen LogP contribution >= 0.6 is 15.9 Å². The van der Waals surface area contributed by atoms with Gasteiger partial charge in [0.05, 0.1) is 29.2 Å². The molecule has 1 aliphatic heterocycles. The molecule has 20 heavy (non-hydrogen) atoms. The van der Waals surface area contributed by atoms with Gasteiger partial charge in [-0.1, -0.05) is 13.8 Å². The maximum Gasteiger partial charge on any atom is 0.189 e. The maximum atomic E-state index is 13.1. The number of Topliss-reactive ketones (excluding diaryl/α,β-unsaturated/α-hetero) is 1. The van der Waals surface area contributed by atoms with Gasteiger partial charge in [0.25, 0.3) is 0 Å². The minimum Gasteiger partial charge on any atom is -0.383 e. The largest absolute Gasteiger partial charge is 0.383 e. The number of ketones is 1. The molecule has 1 aliphatic rings. The number of nitrogens with one attached hydrogen (secondary N) is 1. The Balaban J connectivity index is 2.34. The van der Waals surface area contributed by atoms with E-state index in [1.807, 2.05) is 0 Å². The van der Waals surface area contributed by atoms with Crippen LogP contribution in [0.3, 0.4) is 0 Å². The fourth-order valence-corrected chi connectivity index (χ4v) is 3.31. The lowest BCUT2D eigenvalue weighted by Gasteiger charge is -2.31. The van der Waals surface area contributed by atoms with Crippen LogP contribution in [0.15, 0.2) is 10.7 Å². The van der Waals surface area contributed by atoms with Gasteiger partial charge in [-0.3, -0.25) is 9.48 Å². The number of hydrogen-bond donors (Lipinski definition) is 1. The van der Waals surface area contributed by atoms with Crippen LogP contribution in [-0.2, 0) is 11.3 Å². The minimum atomic E-state index is -0.326. The van der Waals surface area contributed by atoms with E-state index in [1.54, 1.807) is 18.0 Å². The number of rotatable bonds is 6. The van der Waals surface area contributed by atoms with Gasteiger partial charge >= 0.3 is 0 Å². The summed E-state index contributed by atoms with van der Waals surface area (Å²) >= 11 is 3.46. The predicted molar refractivity (Wildman–Crippen MR) is 80.9 cm³/mol. The number of ether oxygens (including phenoxy) is 1. The number of carbonyl (C=O) groups excluding carboxylic acids is 1. The van der Waals surface area contributed by atoms with Crippen molar-refractivity contribution >= 4 is 21.7 Å². The third-order valence-electron chi connectivity index (χ3n) is 4.26. The Bertz CT molecular complexity index is 479. The number of aromatic nitrogens is 2. The van der Waals surface area contributed by atoms with Gasteiger partial charge in [-0.15, -0.1) is 0 Å². The fourth-order valence-electron chi connectivity index (χ4n) is 2.83. The molecule has 0 bridgehead atoms. The zero-order chi connectivity index (χ0) is 14.8. The summed E-state index contributed by atoms with van der Waals surface area (Å²) in [5.74, 6) is 0.473. The number of methoxy groups -OCH3 is 1. The Kier molecular flexibility index (Phi) is 4.99. The van der Waals surface area contributed by atoms with Crippen LogP contribution in [-0.4, -0.2) is 42.4 Å². The summed E-state index contributed by atoms with van der Waals surface area (Å²) in [5, 5.41) is 7.61. The molecule has 5 nitrogen and oxygen atoms in total. The quantitative estimate of drug-likeness (QED) is 0.803. The molecule has 0 spiro atoms. The fraction of sp³-hybridized carbons (Fsp3) is 0.714. The third kappa shape index (κ3) is 2.69. The van der Waals surface area contributed by atoms with Gasteiger partial charge in [-0.05, 0) is 34.8 Å². The molecule has 0 saturated carbocycles. The molecular formula is C14H22BrN3O2.